The second-order valence-electron chi connectivity index (χ2n) is 6.34. The first kappa shape index (κ1) is 13.0. The maximum atomic E-state index is 4.71. The van der Waals surface area contributed by atoms with E-state index in [1.54, 1.807) is 0 Å². The highest BCUT2D eigenvalue weighted by Gasteiger charge is 2.25. The van der Waals surface area contributed by atoms with Gasteiger partial charge in [-0.05, 0) is 44.2 Å². The van der Waals surface area contributed by atoms with Gasteiger partial charge in [-0.15, -0.1) is 0 Å². The van der Waals surface area contributed by atoms with Gasteiger partial charge in [0.15, 0.2) is 0 Å². The number of fused-ring (bicyclic) bond motifs is 1. The fourth-order valence-electron chi connectivity index (χ4n) is 3.07. The quantitative estimate of drug-likeness (QED) is 0.936. The molecule has 4 rings (SSSR count). The lowest BCUT2D eigenvalue weighted by molar-refractivity contribution is 0.379. The van der Waals surface area contributed by atoms with E-state index in [1.807, 2.05) is 18.3 Å². The Labute approximate surface area is 125 Å². The molecule has 2 fully saturated rings. The zero-order valence-corrected chi connectivity index (χ0v) is 12.3. The molecule has 2 aromatic rings. The van der Waals surface area contributed by atoms with Crippen LogP contribution in [0.3, 0.4) is 0 Å². The summed E-state index contributed by atoms with van der Waals surface area (Å²) in [7, 11) is 0. The summed E-state index contributed by atoms with van der Waals surface area (Å²) in [5.74, 6) is 1.71. The number of aromatic nitrogens is 2. The molecule has 21 heavy (non-hydrogen) atoms. The fourth-order valence-corrected chi connectivity index (χ4v) is 3.07. The Morgan fingerprint density at radius 1 is 1.10 bits per heavy atom. The highest BCUT2D eigenvalue weighted by Crippen LogP contribution is 2.24. The second kappa shape index (κ2) is 5.60. The molecular weight excluding hydrogens is 260 g/mol. The maximum Gasteiger partial charge on any atom is 0.225 e. The number of piperidine rings is 1. The molecule has 0 bridgehead atoms. The molecule has 1 N–H and O–H groups in total. The predicted octanol–water partition coefficient (Wildman–Crippen LogP) is 2.60. The minimum Gasteiger partial charge on any atom is -0.341 e. The Balaban J connectivity index is 1.39. The standard InChI is InChI=1S/C17H22N4/c1-2-4-16-14(3-1)12-19-17(20-16)21-9-7-13(8-10-21)11-18-15-5-6-15/h1-4,12-13,15,18H,5-11H2. The molecule has 1 saturated heterocycles. The molecule has 0 atom stereocenters. The number of hydrogen-bond donors (Lipinski definition) is 1. The molecule has 1 aliphatic heterocycles. The fraction of sp³-hybridized carbons (Fsp3) is 0.529. The van der Waals surface area contributed by atoms with Crippen molar-refractivity contribution in [2.75, 3.05) is 24.5 Å². The number of benzene rings is 1. The van der Waals surface area contributed by atoms with E-state index in [1.165, 1.54) is 32.2 Å². The van der Waals surface area contributed by atoms with Gasteiger partial charge in [-0.2, -0.15) is 0 Å². The minimum atomic E-state index is 0.822. The predicted molar refractivity (Wildman–Crippen MR) is 85.5 cm³/mol. The smallest absolute Gasteiger partial charge is 0.225 e. The van der Waals surface area contributed by atoms with E-state index < -0.39 is 0 Å². The summed E-state index contributed by atoms with van der Waals surface area (Å²) in [5.41, 5.74) is 1.04. The third-order valence-electron chi connectivity index (χ3n) is 4.65. The van der Waals surface area contributed by atoms with Crippen molar-refractivity contribution in [1.29, 1.82) is 0 Å². The van der Waals surface area contributed by atoms with Crippen LogP contribution >= 0.6 is 0 Å². The van der Waals surface area contributed by atoms with Crippen molar-refractivity contribution in [3.8, 4) is 0 Å². The van der Waals surface area contributed by atoms with Crippen LogP contribution in [0.4, 0.5) is 5.95 Å². The molecule has 2 aliphatic rings. The van der Waals surface area contributed by atoms with Gasteiger partial charge in [0.1, 0.15) is 0 Å². The van der Waals surface area contributed by atoms with Crippen LogP contribution in [0.1, 0.15) is 25.7 Å². The van der Waals surface area contributed by atoms with E-state index in [-0.39, 0.29) is 0 Å². The van der Waals surface area contributed by atoms with Crippen molar-refractivity contribution in [2.24, 2.45) is 5.92 Å². The maximum absolute atomic E-state index is 4.71. The number of rotatable bonds is 4. The number of hydrogen-bond acceptors (Lipinski definition) is 4. The van der Waals surface area contributed by atoms with Crippen LogP contribution in [0.5, 0.6) is 0 Å². The van der Waals surface area contributed by atoms with Gasteiger partial charge in [-0.1, -0.05) is 18.2 Å². The Morgan fingerprint density at radius 2 is 1.90 bits per heavy atom. The van der Waals surface area contributed by atoms with Crippen LogP contribution in [0.15, 0.2) is 30.5 Å². The first-order valence-corrected chi connectivity index (χ1v) is 8.08. The van der Waals surface area contributed by atoms with E-state index in [2.05, 4.69) is 27.3 Å². The molecule has 0 amide bonds. The second-order valence-corrected chi connectivity index (χ2v) is 6.34. The first-order valence-electron chi connectivity index (χ1n) is 8.08. The van der Waals surface area contributed by atoms with Gasteiger partial charge < -0.3 is 10.2 Å². The summed E-state index contributed by atoms with van der Waals surface area (Å²) in [6.07, 6.45) is 7.19. The third kappa shape index (κ3) is 3.00. The Bertz CT molecular complexity index is 615. The summed E-state index contributed by atoms with van der Waals surface area (Å²) in [6.45, 7) is 3.35. The van der Waals surface area contributed by atoms with Crippen molar-refractivity contribution in [3.05, 3.63) is 30.5 Å². The van der Waals surface area contributed by atoms with Crippen LogP contribution in [-0.4, -0.2) is 35.6 Å². The van der Waals surface area contributed by atoms with Crippen LogP contribution in [0, 0.1) is 5.92 Å². The molecule has 1 aromatic heterocycles. The van der Waals surface area contributed by atoms with Gasteiger partial charge in [0.05, 0.1) is 5.52 Å². The number of nitrogens with zero attached hydrogens (tertiary/aromatic N) is 3. The molecule has 4 nitrogen and oxygen atoms in total. The number of para-hydroxylation sites is 1. The summed E-state index contributed by atoms with van der Waals surface area (Å²) in [5, 5.41) is 4.77. The van der Waals surface area contributed by atoms with Crippen molar-refractivity contribution in [1.82, 2.24) is 15.3 Å². The van der Waals surface area contributed by atoms with Crippen LogP contribution in [0.2, 0.25) is 0 Å². The van der Waals surface area contributed by atoms with Crippen molar-refractivity contribution in [3.63, 3.8) is 0 Å². The van der Waals surface area contributed by atoms with Crippen LogP contribution in [0.25, 0.3) is 10.9 Å². The molecule has 1 aliphatic carbocycles. The molecule has 4 heteroatoms. The average molecular weight is 282 g/mol. The molecule has 1 aromatic carbocycles. The largest absolute Gasteiger partial charge is 0.341 e. The third-order valence-corrected chi connectivity index (χ3v) is 4.65. The van der Waals surface area contributed by atoms with E-state index in [0.717, 1.165) is 41.9 Å². The van der Waals surface area contributed by atoms with Crippen LogP contribution in [-0.2, 0) is 0 Å². The average Bonchev–Trinajstić information content (AvgIpc) is 3.37. The van der Waals surface area contributed by atoms with Gasteiger partial charge in [-0.3, -0.25) is 0 Å². The summed E-state index contributed by atoms with van der Waals surface area (Å²) in [4.78, 5) is 11.6. The van der Waals surface area contributed by atoms with Crippen molar-refractivity contribution < 1.29 is 0 Å². The zero-order valence-electron chi connectivity index (χ0n) is 12.3. The molecule has 0 spiro atoms. The molecule has 2 heterocycles. The molecule has 110 valence electrons. The monoisotopic (exact) mass is 282 g/mol. The SMILES string of the molecule is c1ccc2nc(N3CCC(CNC4CC4)CC3)ncc2c1. The Hall–Kier alpha value is -1.68. The highest BCUT2D eigenvalue weighted by atomic mass is 15.2. The molecular formula is C17H22N4. The van der Waals surface area contributed by atoms with E-state index in [0.29, 0.717) is 0 Å². The normalized spacial score (nSPS) is 20.1. The van der Waals surface area contributed by atoms with Gasteiger partial charge in [0.25, 0.3) is 0 Å². The van der Waals surface area contributed by atoms with E-state index in [4.69, 9.17) is 4.98 Å². The van der Waals surface area contributed by atoms with Gasteiger partial charge in [0.2, 0.25) is 5.95 Å². The molecule has 0 unspecified atom stereocenters. The van der Waals surface area contributed by atoms with Gasteiger partial charge in [-0.25, -0.2) is 9.97 Å². The summed E-state index contributed by atoms with van der Waals surface area (Å²) < 4.78 is 0. The highest BCUT2D eigenvalue weighted by molar-refractivity contribution is 5.78. The first-order chi connectivity index (χ1) is 10.4. The lowest BCUT2D eigenvalue weighted by Gasteiger charge is -2.32. The van der Waals surface area contributed by atoms with Crippen molar-refractivity contribution in [2.45, 2.75) is 31.7 Å². The van der Waals surface area contributed by atoms with Crippen LogP contribution < -0.4 is 10.2 Å². The minimum absolute atomic E-state index is 0.822. The zero-order chi connectivity index (χ0) is 14.1. The summed E-state index contributed by atoms with van der Waals surface area (Å²) in [6, 6.07) is 9.02. The lowest BCUT2D eigenvalue weighted by Crippen LogP contribution is -2.38. The summed E-state index contributed by atoms with van der Waals surface area (Å²) >= 11 is 0. The lowest BCUT2D eigenvalue weighted by atomic mass is 9.97. The van der Waals surface area contributed by atoms with E-state index >= 15 is 0 Å². The van der Waals surface area contributed by atoms with E-state index in [9.17, 15) is 0 Å². The van der Waals surface area contributed by atoms with Gasteiger partial charge in [0, 0.05) is 30.7 Å². The Morgan fingerprint density at radius 3 is 2.71 bits per heavy atom. The van der Waals surface area contributed by atoms with Gasteiger partial charge >= 0.3 is 0 Å². The van der Waals surface area contributed by atoms with Crippen molar-refractivity contribution >= 4 is 16.9 Å². The molecule has 0 radical (unpaired) electrons. The Kier molecular flexibility index (Phi) is 3.47. The molecule has 1 saturated carbocycles. The topological polar surface area (TPSA) is 41.1 Å². The number of nitrogens with one attached hydrogen (secondary N) is 1. The number of anilines is 1.